The van der Waals surface area contributed by atoms with E-state index >= 15 is 0 Å². The van der Waals surface area contributed by atoms with Crippen LogP contribution in [0.5, 0.6) is 0 Å². The van der Waals surface area contributed by atoms with Crippen LogP contribution < -0.4 is 0 Å². The van der Waals surface area contributed by atoms with Gasteiger partial charge in [-0.3, -0.25) is 0 Å². The Morgan fingerprint density at radius 2 is 0.778 bits per heavy atom. The predicted molar refractivity (Wildman–Crippen MR) is 258 cm³/mol. The number of nitrogens with zero attached hydrogens (tertiary/aromatic N) is 5. The van der Waals surface area contributed by atoms with Gasteiger partial charge in [0, 0.05) is 65.9 Å². The lowest BCUT2D eigenvalue weighted by molar-refractivity contribution is 0.670. The number of rotatable bonds is 6. The fourth-order valence-corrected chi connectivity index (χ4v) is 9.51. The summed E-state index contributed by atoms with van der Waals surface area (Å²) in [5.41, 5.74) is 13.3. The molecule has 63 heavy (non-hydrogen) atoms. The Bertz CT molecular complexity index is 3890. The van der Waals surface area contributed by atoms with E-state index in [9.17, 15) is 0 Å². The Morgan fingerprint density at radius 3 is 1.40 bits per heavy atom. The second-order valence-corrected chi connectivity index (χ2v) is 16.0. The van der Waals surface area contributed by atoms with E-state index in [2.05, 4.69) is 185 Å². The summed E-state index contributed by atoms with van der Waals surface area (Å²) in [6.07, 6.45) is 0. The van der Waals surface area contributed by atoms with Crippen molar-refractivity contribution < 1.29 is 4.42 Å². The molecule has 0 N–H and O–H groups in total. The van der Waals surface area contributed by atoms with Gasteiger partial charge < -0.3 is 13.6 Å². The van der Waals surface area contributed by atoms with E-state index in [0.29, 0.717) is 17.5 Å². The van der Waals surface area contributed by atoms with Crippen LogP contribution in [-0.2, 0) is 0 Å². The number of benzene rings is 9. The van der Waals surface area contributed by atoms with E-state index in [4.69, 9.17) is 19.4 Å². The van der Waals surface area contributed by atoms with Gasteiger partial charge in [0.2, 0.25) is 0 Å². The zero-order chi connectivity index (χ0) is 41.4. The number of fused-ring (bicyclic) bond motifs is 10. The maximum Gasteiger partial charge on any atom is 0.164 e. The lowest BCUT2D eigenvalue weighted by Gasteiger charge is -2.13. The normalized spacial score (nSPS) is 11.8. The van der Waals surface area contributed by atoms with Crippen LogP contribution in [0.4, 0.5) is 0 Å². The molecule has 13 rings (SSSR count). The molecule has 0 aliphatic rings. The summed E-state index contributed by atoms with van der Waals surface area (Å²) in [6.45, 7) is 0. The molecular weight excluding hydrogens is 771 g/mol. The molecule has 0 aliphatic heterocycles. The van der Waals surface area contributed by atoms with E-state index in [1.54, 1.807) is 0 Å². The molecule has 0 atom stereocenters. The molecule has 4 aromatic heterocycles. The van der Waals surface area contributed by atoms with Crippen molar-refractivity contribution in [3.8, 4) is 56.7 Å². The van der Waals surface area contributed by atoms with E-state index in [-0.39, 0.29) is 0 Å². The van der Waals surface area contributed by atoms with E-state index < -0.39 is 0 Å². The highest BCUT2D eigenvalue weighted by molar-refractivity contribution is 6.24. The van der Waals surface area contributed by atoms with Crippen molar-refractivity contribution in [3.05, 3.63) is 212 Å². The monoisotopic (exact) mass is 805 g/mol. The first-order valence-corrected chi connectivity index (χ1v) is 21.2. The first kappa shape index (κ1) is 35.2. The number of aromatic nitrogens is 5. The van der Waals surface area contributed by atoms with E-state index in [0.717, 1.165) is 72.2 Å². The molecule has 6 heteroatoms. The van der Waals surface area contributed by atoms with Crippen LogP contribution in [0.2, 0.25) is 0 Å². The molecule has 0 radical (unpaired) electrons. The standard InChI is InChI=1S/C57H35N5O/c1-4-15-36(16-5-1)42-23-14-24-48-45-32-29-39(35-51(45)63-54(42)48)57-59-55(37-17-6-2-7-18-37)58-56(60-57)38-27-30-41(31-28-38)62-50-26-13-11-22-44(50)47-34-33-46-43-21-10-12-25-49(43)61(52(46)53(47)62)40-19-8-3-9-20-40/h1-35H. The van der Waals surface area contributed by atoms with E-state index in [1.807, 2.05) is 36.4 Å². The Labute approximate surface area is 361 Å². The highest BCUT2D eigenvalue weighted by Crippen LogP contribution is 2.42. The van der Waals surface area contributed by atoms with Gasteiger partial charge in [0.15, 0.2) is 17.5 Å². The molecule has 0 unspecified atom stereocenters. The number of para-hydroxylation sites is 4. The molecule has 0 saturated carbocycles. The maximum absolute atomic E-state index is 6.64. The first-order valence-electron chi connectivity index (χ1n) is 21.2. The maximum atomic E-state index is 6.64. The van der Waals surface area contributed by atoms with Crippen LogP contribution in [0.25, 0.3) is 122 Å². The fourth-order valence-electron chi connectivity index (χ4n) is 9.51. The summed E-state index contributed by atoms with van der Waals surface area (Å²) in [5, 5.41) is 6.97. The van der Waals surface area contributed by atoms with Crippen molar-refractivity contribution >= 4 is 65.6 Å². The van der Waals surface area contributed by atoms with Crippen molar-refractivity contribution in [2.75, 3.05) is 0 Å². The molecule has 13 aromatic rings. The highest BCUT2D eigenvalue weighted by Gasteiger charge is 2.22. The minimum Gasteiger partial charge on any atom is -0.455 e. The Balaban J connectivity index is 0.978. The molecule has 9 aromatic carbocycles. The van der Waals surface area contributed by atoms with Gasteiger partial charge in [-0.25, -0.2) is 15.0 Å². The Morgan fingerprint density at radius 1 is 0.317 bits per heavy atom. The van der Waals surface area contributed by atoms with Crippen LogP contribution in [0.1, 0.15) is 0 Å². The van der Waals surface area contributed by atoms with Gasteiger partial charge in [-0.1, -0.05) is 152 Å². The van der Waals surface area contributed by atoms with Gasteiger partial charge in [-0.05, 0) is 66.2 Å². The molecule has 6 nitrogen and oxygen atoms in total. The molecule has 0 spiro atoms. The van der Waals surface area contributed by atoms with Crippen molar-refractivity contribution in [2.45, 2.75) is 0 Å². The number of hydrogen-bond donors (Lipinski definition) is 0. The van der Waals surface area contributed by atoms with Crippen LogP contribution in [0.15, 0.2) is 217 Å². The molecule has 0 saturated heterocycles. The SMILES string of the molecule is c1ccc(-c2nc(-c3ccc(-n4c5ccccc5c5ccc6c7ccccc7n(-c7ccccc7)c6c54)cc3)nc(-c3ccc4c(c3)oc3c(-c5ccccc5)cccc34)n2)cc1. The molecule has 294 valence electrons. The van der Waals surface area contributed by atoms with Gasteiger partial charge in [0.25, 0.3) is 0 Å². The summed E-state index contributed by atoms with van der Waals surface area (Å²) in [5.74, 6) is 1.77. The summed E-state index contributed by atoms with van der Waals surface area (Å²) in [4.78, 5) is 15.3. The van der Waals surface area contributed by atoms with Gasteiger partial charge in [-0.2, -0.15) is 0 Å². The largest absolute Gasteiger partial charge is 0.455 e. The fraction of sp³-hybridized carbons (Fsp3) is 0. The summed E-state index contributed by atoms with van der Waals surface area (Å²) < 4.78 is 11.5. The smallest absolute Gasteiger partial charge is 0.164 e. The third-order valence-corrected chi connectivity index (χ3v) is 12.4. The Hall–Kier alpha value is -8.61. The summed E-state index contributed by atoms with van der Waals surface area (Å²) in [7, 11) is 0. The molecule has 0 bridgehead atoms. The average molecular weight is 806 g/mol. The van der Waals surface area contributed by atoms with Gasteiger partial charge in [0.1, 0.15) is 11.2 Å². The lowest BCUT2D eigenvalue weighted by Crippen LogP contribution is -2.01. The molecule has 0 fully saturated rings. The van der Waals surface area contributed by atoms with Gasteiger partial charge >= 0.3 is 0 Å². The molecule has 4 heterocycles. The third-order valence-electron chi connectivity index (χ3n) is 12.4. The lowest BCUT2D eigenvalue weighted by atomic mass is 10.0. The van der Waals surface area contributed by atoms with Crippen molar-refractivity contribution in [1.29, 1.82) is 0 Å². The minimum atomic E-state index is 0.576. The van der Waals surface area contributed by atoms with Crippen molar-refractivity contribution in [3.63, 3.8) is 0 Å². The van der Waals surface area contributed by atoms with Crippen LogP contribution in [-0.4, -0.2) is 24.1 Å². The minimum absolute atomic E-state index is 0.576. The number of hydrogen-bond acceptors (Lipinski definition) is 4. The van der Waals surface area contributed by atoms with Gasteiger partial charge in [0.05, 0.1) is 22.1 Å². The summed E-state index contributed by atoms with van der Waals surface area (Å²) >= 11 is 0. The zero-order valence-electron chi connectivity index (χ0n) is 33.9. The van der Waals surface area contributed by atoms with Crippen molar-refractivity contribution in [1.82, 2.24) is 24.1 Å². The second kappa shape index (κ2) is 14.0. The first-order chi connectivity index (χ1) is 31.2. The Kier molecular flexibility index (Phi) is 7.80. The molecular formula is C57H35N5O. The quantitative estimate of drug-likeness (QED) is 0.168. The van der Waals surface area contributed by atoms with Crippen molar-refractivity contribution in [2.24, 2.45) is 0 Å². The van der Waals surface area contributed by atoms with Crippen LogP contribution in [0.3, 0.4) is 0 Å². The third kappa shape index (κ3) is 5.55. The topological polar surface area (TPSA) is 61.7 Å². The average Bonchev–Trinajstić information content (AvgIpc) is 4.02. The predicted octanol–water partition coefficient (Wildman–Crippen LogP) is 14.6. The second-order valence-electron chi connectivity index (χ2n) is 16.0. The molecule has 0 aliphatic carbocycles. The highest BCUT2D eigenvalue weighted by atomic mass is 16.3. The summed E-state index contributed by atoms with van der Waals surface area (Å²) in [6, 6.07) is 74.4. The zero-order valence-corrected chi connectivity index (χ0v) is 33.9. The number of furan rings is 1. The van der Waals surface area contributed by atoms with Gasteiger partial charge in [-0.15, -0.1) is 0 Å². The molecule has 0 amide bonds. The van der Waals surface area contributed by atoms with Crippen LogP contribution >= 0.6 is 0 Å². The van der Waals surface area contributed by atoms with E-state index in [1.165, 1.54) is 32.6 Å². The van der Waals surface area contributed by atoms with Crippen LogP contribution in [0, 0.1) is 0 Å².